The average molecular weight is 427 g/mol. The maximum absolute atomic E-state index is 13.3. The molecule has 2 aromatic carbocycles. The molecule has 1 amide bonds. The van der Waals surface area contributed by atoms with Gasteiger partial charge in [0.2, 0.25) is 15.9 Å². The van der Waals surface area contributed by atoms with Gasteiger partial charge in [0.05, 0.1) is 4.90 Å². The third kappa shape index (κ3) is 3.91. The first-order chi connectivity index (χ1) is 14.2. The lowest BCUT2D eigenvalue weighted by atomic mass is 9.87. The van der Waals surface area contributed by atoms with E-state index in [1.165, 1.54) is 9.87 Å². The maximum atomic E-state index is 13.3. The quantitative estimate of drug-likeness (QED) is 0.752. The molecule has 0 radical (unpaired) electrons. The van der Waals surface area contributed by atoms with Gasteiger partial charge in [0.1, 0.15) is 6.04 Å². The van der Waals surface area contributed by atoms with Gasteiger partial charge < -0.3 is 4.90 Å². The molecule has 2 aliphatic rings. The van der Waals surface area contributed by atoms with Crippen molar-refractivity contribution in [3.63, 3.8) is 0 Å². The summed E-state index contributed by atoms with van der Waals surface area (Å²) in [5, 5.41) is 0. The van der Waals surface area contributed by atoms with Crippen molar-refractivity contribution >= 4 is 15.9 Å². The molecule has 0 spiro atoms. The molecule has 30 heavy (non-hydrogen) atoms. The van der Waals surface area contributed by atoms with Crippen LogP contribution in [0.3, 0.4) is 0 Å². The molecule has 0 N–H and O–H groups in total. The van der Waals surface area contributed by atoms with Gasteiger partial charge in [0.25, 0.3) is 0 Å². The third-order valence-corrected chi connectivity index (χ3v) is 8.18. The van der Waals surface area contributed by atoms with Crippen LogP contribution in [0.4, 0.5) is 0 Å². The van der Waals surface area contributed by atoms with E-state index in [0.29, 0.717) is 32.5 Å². The highest BCUT2D eigenvalue weighted by Gasteiger charge is 2.41. The SMILES string of the molecule is CC(C)(C)c1ccc(S(=O)(=O)N2CCCC2C(=O)N2CCc3ccccc3C2)cc1. The van der Waals surface area contributed by atoms with Crippen LogP contribution < -0.4 is 0 Å². The zero-order valence-corrected chi connectivity index (χ0v) is 18.8. The largest absolute Gasteiger partial charge is 0.337 e. The van der Waals surface area contributed by atoms with E-state index in [9.17, 15) is 13.2 Å². The minimum absolute atomic E-state index is 0.0427. The molecule has 0 bridgehead atoms. The Morgan fingerprint density at radius 2 is 1.63 bits per heavy atom. The summed E-state index contributed by atoms with van der Waals surface area (Å²) < 4.78 is 28.1. The Labute approximate surface area is 179 Å². The van der Waals surface area contributed by atoms with Gasteiger partial charge >= 0.3 is 0 Å². The Balaban J connectivity index is 1.55. The fraction of sp³-hybridized carbons (Fsp3) is 0.458. The topological polar surface area (TPSA) is 57.7 Å². The van der Waals surface area contributed by atoms with E-state index < -0.39 is 16.1 Å². The number of nitrogens with zero attached hydrogens (tertiary/aromatic N) is 2. The molecule has 1 unspecified atom stereocenters. The van der Waals surface area contributed by atoms with Crippen LogP contribution in [0.5, 0.6) is 0 Å². The van der Waals surface area contributed by atoms with Crippen molar-refractivity contribution in [2.24, 2.45) is 0 Å². The molecule has 0 aromatic heterocycles. The van der Waals surface area contributed by atoms with Crippen LogP contribution in [0.1, 0.15) is 50.3 Å². The molecule has 2 aliphatic heterocycles. The number of hydrogen-bond acceptors (Lipinski definition) is 3. The smallest absolute Gasteiger partial charge is 0.243 e. The minimum Gasteiger partial charge on any atom is -0.337 e. The lowest BCUT2D eigenvalue weighted by Gasteiger charge is -2.33. The van der Waals surface area contributed by atoms with Crippen LogP contribution in [0, 0.1) is 0 Å². The highest BCUT2D eigenvalue weighted by Crippen LogP contribution is 2.30. The number of benzene rings is 2. The van der Waals surface area contributed by atoms with E-state index >= 15 is 0 Å². The summed E-state index contributed by atoms with van der Waals surface area (Å²) in [7, 11) is -3.71. The summed E-state index contributed by atoms with van der Waals surface area (Å²) in [6.45, 7) is 7.89. The summed E-state index contributed by atoms with van der Waals surface area (Å²) in [6.07, 6.45) is 2.10. The summed E-state index contributed by atoms with van der Waals surface area (Å²) >= 11 is 0. The summed E-state index contributed by atoms with van der Waals surface area (Å²) in [4.78, 5) is 15.4. The van der Waals surface area contributed by atoms with E-state index in [1.54, 1.807) is 12.1 Å². The van der Waals surface area contributed by atoms with Crippen molar-refractivity contribution in [3.8, 4) is 0 Å². The molecule has 6 heteroatoms. The third-order valence-electron chi connectivity index (χ3n) is 6.26. The van der Waals surface area contributed by atoms with Crippen LogP contribution in [-0.2, 0) is 33.2 Å². The number of amides is 1. The summed E-state index contributed by atoms with van der Waals surface area (Å²) in [6, 6.07) is 14.7. The second-order valence-electron chi connectivity index (χ2n) is 9.33. The van der Waals surface area contributed by atoms with E-state index in [0.717, 1.165) is 17.5 Å². The van der Waals surface area contributed by atoms with Gasteiger partial charge in [-0.05, 0) is 53.5 Å². The number of carbonyl (C=O) groups is 1. The first kappa shape index (κ1) is 21.1. The molecular formula is C24H30N2O3S. The summed E-state index contributed by atoms with van der Waals surface area (Å²) in [5.74, 6) is -0.0723. The van der Waals surface area contributed by atoms with E-state index in [-0.39, 0.29) is 16.2 Å². The molecule has 2 aromatic rings. The Morgan fingerprint density at radius 3 is 2.30 bits per heavy atom. The lowest BCUT2D eigenvalue weighted by Crippen LogP contribution is -2.49. The second-order valence-corrected chi connectivity index (χ2v) is 11.2. The number of fused-ring (bicyclic) bond motifs is 1. The van der Waals surface area contributed by atoms with Crippen molar-refractivity contribution in [3.05, 3.63) is 65.2 Å². The molecule has 5 nitrogen and oxygen atoms in total. The van der Waals surface area contributed by atoms with Crippen LogP contribution in [0.15, 0.2) is 53.4 Å². The van der Waals surface area contributed by atoms with Gasteiger partial charge in [0, 0.05) is 19.6 Å². The van der Waals surface area contributed by atoms with Crippen LogP contribution in [0.25, 0.3) is 0 Å². The molecule has 2 heterocycles. The van der Waals surface area contributed by atoms with E-state index in [2.05, 4.69) is 32.9 Å². The highest BCUT2D eigenvalue weighted by molar-refractivity contribution is 7.89. The maximum Gasteiger partial charge on any atom is 0.243 e. The molecule has 1 saturated heterocycles. The van der Waals surface area contributed by atoms with Gasteiger partial charge in [-0.25, -0.2) is 8.42 Å². The van der Waals surface area contributed by atoms with Crippen LogP contribution in [0.2, 0.25) is 0 Å². The van der Waals surface area contributed by atoms with Crippen molar-refractivity contribution < 1.29 is 13.2 Å². The number of hydrogen-bond donors (Lipinski definition) is 0. The van der Waals surface area contributed by atoms with E-state index in [1.807, 2.05) is 29.2 Å². The minimum atomic E-state index is -3.71. The molecule has 160 valence electrons. The Kier molecular flexibility index (Phi) is 5.49. The zero-order valence-electron chi connectivity index (χ0n) is 18.0. The second kappa shape index (κ2) is 7.82. The first-order valence-corrected chi connectivity index (χ1v) is 12.1. The van der Waals surface area contributed by atoms with Crippen molar-refractivity contribution in [2.45, 2.75) is 62.9 Å². The fourth-order valence-electron chi connectivity index (χ4n) is 4.43. The van der Waals surface area contributed by atoms with Gasteiger partial charge in [-0.1, -0.05) is 57.2 Å². The number of carbonyl (C=O) groups excluding carboxylic acids is 1. The number of sulfonamides is 1. The van der Waals surface area contributed by atoms with Crippen molar-refractivity contribution in [2.75, 3.05) is 13.1 Å². The monoisotopic (exact) mass is 426 g/mol. The Hall–Kier alpha value is -2.18. The van der Waals surface area contributed by atoms with Gasteiger partial charge in [-0.2, -0.15) is 4.31 Å². The molecule has 0 aliphatic carbocycles. The van der Waals surface area contributed by atoms with Gasteiger partial charge in [0.15, 0.2) is 0 Å². The van der Waals surface area contributed by atoms with Gasteiger partial charge in [-0.15, -0.1) is 0 Å². The normalized spacial score (nSPS) is 20.2. The Bertz CT molecular complexity index is 1040. The van der Waals surface area contributed by atoms with Gasteiger partial charge in [-0.3, -0.25) is 4.79 Å². The molecule has 4 rings (SSSR count). The lowest BCUT2D eigenvalue weighted by molar-refractivity contribution is -0.135. The Morgan fingerprint density at radius 1 is 0.967 bits per heavy atom. The molecular weight excluding hydrogens is 396 g/mol. The first-order valence-electron chi connectivity index (χ1n) is 10.7. The predicted octanol–water partition coefficient (Wildman–Crippen LogP) is 3.72. The molecule has 0 saturated carbocycles. The zero-order chi connectivity index (χ0) is 21.5. The van der Waals surface area contributed by atoms with E-state index in [4.69, 9.17) is 0 Å². The van der Waals surface area contributed by atoms with Crippen LogP contribution in [-0.4, -0.2) is 42.7 Å². The molecule has 1 atom stereocenters. The fourth-order valence-corrected chi connectivity index (χ4v) is 6.08. The predicted molar refractivity (Wildman–Crippen MR) is 118 cm³/mol. The number of rotatable bonds is 3. The summed E-state index contributed by atoms with van der Waals surface area (Å²) in [5.41, 5.74) is 3.47. The highest BCUT2D eigenvalue weighted by atomic mass is 32.2. The average Bonchev–Trinajstić information content (AvgIpc) is 3.23. The van der Waals surface area contributed by atoms with Crippen LogP contribution >= 0.6 is 0 Å². The standard InChI is InChI=1S/C24H30N2O3S/c1-24(2,3)20-10-12-21(13-11-20)30(28,29)26-15-6-9-22(26)23(27)25-16-14-18-7-4-5-8-19(18)17-25/h4-5,7-8,10-13,22H,6,9,14-17H2,1-3H3. The molecule has 1 fully saturated rings. The van der Waals surface area contributed by atoms with Crippen molar-refractivity contribution in [1.29, 1.82) is 0 Å². The van der Waals surface area contributed by atoms with Crippen molar-refractivity contribution in [1.82, 2.24) is 9.21 Å².